The summed E-state index contributed by atoms with van der Waals surface area (Å²) >= 11 is 17.9. The van der Waals surface area contributed by atoms with Crippen molar-refractivity contribution >= 4 is 34.8 Å². The van der Waals surface area contributed by atoms with Crippen LogP contribution in [0.5, 0.6) is 0 Å². The van der Waals surface area contributed by atoms with Crippen LogP contribution in [0.4, 0.5) is 0 Å². The summed E-state index contributed by atoms with van der Waals surface area (Å²) in [5.74, 6) is 0. The molecule has 0 aliphatic heterocycles. The lowest BCUT2D eigenvalue weighted by Crippen LogP contribution is -2.17. The maximum atomic E-state index is 6.12. The van der Waals surface area contributed by atoms with Crippen LogP contribution in [0.1, 0.15) is 25.5 Å². The molecule has 1 N–H and O–H groups in total. The lowest BCUT2D eigenvalue weighted by Gasteiger charge is -2.18. The highest BCUT2D eigenvalue weighted by Gasteiger charge is 2.11. The Hall–Kier alpha value is -0.630. The monoisotopic (exact) mass is 289 g/mol. The van der Waals surface area contributed by atoms with Gasteiger partial charge >= 0.3 is 0 Å². The van der Waals surface area contributed by atoms with Crippen molar-refractivity contribution in [2.75, 3.05) is 0 Å². The third-order valence-electron chi connectivity index (χ3n) is 2.36. The van der Waals surface area contributed by atoms with E-state index in [0.29, 0.717) is 20.8 Å². The van der Waals surface area contributed by atoms with Crippen molar-refractivity contribution < 1.29 is 0 Å². The third kappa shape index (κ3) is 3.95. The normalized spacial score (nSPS) is 13.4. The number of allylic oxidation sites excluding steroid dienone is 2. The molecule has 0 saturated carbocycles. The first kappa shape index (κ1) is 14.4. The molecular formula is C13H14Cl3N. The molecular weight excluding hydrogens is 277 g/mol. The maximum Gasteiger partial charge on any atom is 0.0588 e. The molecule has 0 saturated heterocycles. The molecule has 1 atom stereocenters. The zero-order valence-electron chi connectivity index (χ0n) is 9.73. The van der Waals surface area contributed by atoms with Gasteiger partial charge < -0.3 is 5.32 Å². The van der Waals surface area contributed by atoms with Gasteiger partial charge in [0.25, 0.3) is 0 Å². The van der Waals surface area contributed by atoms with Crippen molar-refractivity contribution in [1.82, 2.24) is 5.32 Å². The van der Waals surface area contributed by atoms with Crippen LogP contribution in [0.25, 0.3) is 0 Å². The Balaban J connectivity index is 2.83. The highest BCUT2D eigenvalue weighted by Crippen LogP contribution is 2.27. The molecule has 0 bridgehead atoms. The summed E-state index contributed by atoms with van der Waals surface area (Å²) in [4.78, 5) is 0. The minimum atomic E-state index is 0.0148. The highest BCUT2D eigenvalue weighted by atomic mass is 35.5. The molecule has 0 aliphatic carbocycles. The van der Waals surface area contributed by atoms with Gasteiger partial charge in [-0.25, -0.2) is 0 Å². The summed E-state index contributed by atoms with van der Waals surface area (Å²) in [6, 6.07) is 5.43. The Morgan fingerprint density at radius 1 is 1.41 bits per heavy atom. The minimum absolute atomic E-state index is 0.0148. The number of rotatable bonds is 4. The van der Waals surface area contributed by atoms with Gasteiger partial charge in [-0.1, -0.05) is 53.5 Å². The predicted molar refractivity (Wildman–Crippen MR) is 76.8 cm³/mol. The van der Waals surface area contributed by atoms with E-state index in [-0.39, 0.29) is 6.04 Å². The molecule has 1 unspecified atom stereocenters. The van der Waals surface area contributed by atoms with Crippen molar-refractivity contribution in [1.29, 1.82) is 0 Å². The van der Waals surface area contributed by atoms with Gasteiger partial charge in [0, 0.05) is 15.7 Å². The molecule has 17 heavy (non-hydrogen) atoms. The van der Waals surface area contributed by atoms with Crippen LogP contribution in [0, 0.1) is 0 Å². The van der Waals surface area contributed by atoms with Crippen molar-refractivity contribution in [2.45, 2.75) is 19.9 Å². The molecule has 1 aromatic rings. The summed E-state index contributed by atoms with van der Waals surface area (Å²) in [6.45, 7) is 7.70. The zero-order chi connectivity index (χ0) is 13.0. The first-order chi connectivity index (χ1) is 7.95. The van der Waals surface area contributed by atoms with Crippen molar-refractivity contribution in [3.05, 3.63) is 57.2 Å². The summed E-state index contributed by atoms with van der Waals surface area (Å²) in [5.41, 5.74) is 1.63. The van der Waals surface area contributed by atoms with E-state index in [4.69, 9.17) is 34.8 Å². The molecule has 0 spiro atoms. The topological polar surface area (TPSA) is 12.0 Å². The molecule has 0 heterocycles. The summed E-state index contributed by atoms with van der Waals surface area (Å²) < 4.78 is 0. The van der Waals surface area contributed by atoms with Gasteiger partial charge in [-0.05, 0) is 31.5 Å². The third-order valence-corrected chi connectivity index (χ3v) is 3.37. The quantitative estimate of drug-likeness (QED) is 0.742. The summed E-state index contributed by atoms with van der Waals surface area (Å²) in [7, 11) is 0. The second kappa shape index (κ2) is 6.34. The van der Waals surface area contributed by atoms with Crippen LogP contribution in [0.3, 0.4) is 0 Å². The van der Waals surface area contributed by atoms with Gasteiger partial charge in [-0.15, -0.1) is 0 Å². The van der Waals surface area contributed by atoms with E-state index in [1.54, 1.807) is 18.2 Å². The molecule has 0 aliphatic rings. The fraction of sp³-hybridized carbons (Fsp3) is 0.231. The molecule has 1 nitrogen and oxygen atoms in total. The van der Waals surface area contributed by atoms with Crippen molar-refractivity contribution in [3.63, 3.8) is 0 Å². The van der Waals surface area contributed by atoms with Crippen LogP contribution in [-0.2, 0) is 0 Å². The first-order valence-electron chi connectivity index (χ1n) is 5.18. The smallest absolute Gasteiger partial charge is 0.0588 e. The van der Waals surface area contributed by atoms with Crippen LogP contribution < -0.4 is 5.32 Å². The van der Waals surface area contributed by atoms with Gasteiger partial charge in [0.15, 0.2) is 0 Å². The largest absolute Gasteiger partial charge is 0.378 e. The standard InChI is InChI=1S/C13H14Cl3N/c1-4-12(15)9(3)17-8(2)11-6-5-10(14)7-13(11)16/h4-8,17H,3H2,1-2H3/b12-4+. The molecule has 0 radical (unpaired) electrons. The van der Waals surface area contributed by atoms with Gasteiger partial charge in [0.1, 0.15) is 0 Å². The lowest BCUT2D eigenvalue weighted by atomic mass is 10.1. The van der Waals surface area contributed by atoms with Crippen molar-refractivity contribution in [2.24, 2.45) is 0 Å². The fourth-order valence-corrected chi connectivity index (χ4v) is 2.06. The molecule has 0 fully saturated rings. The number of hydrogen-bond acceptors (Lipinski definition) is 1. The molecule has 1 aromatic carbocycles. The van der Waals surface area contributed by atoms with E-state index >= 15 is 0 Å². The Kier molecular flexibility index (Phi) is 5.38. The number of nitrogens with one attached hydrogen (secondary N) is 1. The van der Waals surface area contributed by atoms with Gasteiger partial charge in [-0.3, -0.25) is 0 Å². The van der Waals surface area contributed by atoms with E-state index in [2.05, 4.69) is 11.9 Å². The highest BCUT2D eigenvalue weighted by molar-refractivity contribution is 6.35. The van der Waals surface area contributed by atoms with E-state index in [1.807, 2.05) is 19.9 Å². The second-order valence-electron chi connectivity index (χ2n) is 3.65. The molecule has 1 rings (SSSR count). The average Bonchev–Trinajstić information content (AvgIpc) is 2.27. The summed E-state index contributed by atoms with van der Waals surface area (Å²) in [6.07, 6.45) is 1.78. The number of benzene rings is 1. The van der Waals surface area contributed by atoms with Crippen LogP contribution in [-0.4, -0.2) is 0 Å². The average molecular weight is 291 g/mol. The maximum absolute atomic E-state index is 6.12. The van der Waals surface area contributed by atoms with E-state index in [1.165, 1.54) is 0 Å². The Morgan fingerprint density at radius 3 is 2.59 bits per heavy atom. The Bertz CT molecular complexity index is 452. The molecule has 92 valence electrons. The number of hydrogen-bond donors (Lipinski definition) is 1. The zero-order valence-corrected chi connectivity index (χ0v) is 12.0. The molecule has 4 heteroatoms. The number of halogens is 3. The van der Waals surface area contributed by atoms with E-state index in [9.17, 15) is 0 Å². The predicted octanol–water partition coefficient (Wildman–Crippen LogP) is 5.30. The minimum Gasteiger partial charge on any atom is -0.378 e. The molecule has 0 amide bonds. The van der Waals surface area contributed by atoms with Gasteiger partial charge in [0.2, 0.25) is 0 Å². The Labute approximate surface area is 117 Å². The van der Waals surface area contributed by atoms with Crippen LogP contribution in [0.15, 0.2) is 41.6 Å². The van der Waals surface area contributed by atoms with Gasteiger partial charge in [0.05, 0.1) is 11.1 Å². The van der Waals surface area contributed by atoms with Crippen molar-refractivity contribution in [3.8, 4) is 0 Å². The molecule has 0 aromatic heterocycles. The second-order valence-corrected chi connectivity index (χ2v) is 4.90. The SMILES string of the molecule is C=C(NC(C)c1ccc(Cl)cc1Cl)/C(Cl)=C\C. The summed E-state index contributed by atoms with van der Waals surface area (Å²) in [5, 5.41) is 5.03. The van der Waals surface area contributed by atoms with Crippen LogP contribution >= 0.6 is 34.8 Å². The Morgan fingerprint density at radius 2 is 2.06 bits per heavy atom. The van der Waals surface area contributed by atoms with Gasteiger partial charge in [-0.2, -0.15) is 0 Å². The van der Waals surface area contributed by atoms with E-state index < -0.39 is 0 Å². The van der Waals surface area contributed by atoms with E-state index in [0.717, 1.165) is 5.56 Å². The van der Waals surface area contributed by atoms with Crippen LogP contribution in [0.2, 0.25) is 10.0 Å². The fourth-order valence-electron chi connectivity index (χ4n) is 1.43. The first-order valence-corrected chi connectivity index (χ1v) is 6.31. The lowest BCUT2D eigenvalue weighted by molar-refractivity contribution is 0.665.